The van der Waals surface area contributed by atoms with Gasteiger partial charge in [-0.1, -0.05) is 61.7 Å². The topological polar surface area (TPSA) is 0 Å². The van der Waals surface area contributed by atoms with E-state index < -0.39 is 0 Å². The van der Waals surface area contributed by atoms with Crippen molar-refractivity contribution in [1.82, 2.24) is 0 Å². The van der Waals surface area contributed by atoms with Crippen LogP contribution in [0.15, 0.2) is 46.9 Å². The lowest BCUT2D eigenvalue weighted by Gasteiger charge is -2.11. The maximum Gasteiger partial charge on any atom is 0.141 e. The molecule has 0 radical (unpaired) electrons. The summed E-state index contributed by atoms with van der Waals surface area (Å²) in [6.45, 7) is 0. The van der Waals surface area contributed by atoms with Crippen molar-refractivity contribution >= 4 is 43.5 Å². The molecule has 0 aliphatic carbocycles. The van der Waals surface area contributed by atoms with Gasteiger partial charge < -0.3 is 0 Å². The molecule has 0 N–H and O–H groups in total. The highest BCUT2D eigenvalue weighted by molar-refractivity contribution is 9.10. The minimum atomic E-state index is -0.387. The zero-order valence-electron chi connectivity index (χ0n) is 9.34. The lowest BCUT2D eigenvalue weighted by atomic mass is 10.0. The Balaban J connectivity index is 2.16. The van der Waals surface area contributed by atoms with Gasteiger partial charge in [-0.25, -0.2) is 4.39 Å². The van der Waals surface area contributed by atoms with E-state index in [-0.39, 0.29) is 15.7 Å². The van der Waals surface area contributed by atoms with Gasteiger partial charge in [0.2, 0.25) is 0 Å². The third kappa shape index (κ3) is 3.56. The van der Waals surface area contributed by atoms with Crippen LogP contribution in [-0.4, -0.2) is 0 Å². The molecule has 0 heterocycles. The molecule has 0 saturated carbocycles. The summed E-state index contributed by atoms with van der Waals surface area (Å²) in [7, 11) is 0. The van der Waals surface area contributed by atoms with Gasteiger partial charge in [-0.3, -0.25) is 0 Å². The molecule has 0 spiro atoms. The molecule has 0 aliphatic heterocycles. The summed E-state index contributed by atoms with van der Waals surface area (Å²) in [5.74, 6) is -0.387. The smallest absolute Gasteiger partial charge is 0.141 e. The van der Waals surface area contributed by atoms with Gasteiger partial charge in [0.25, 0.3) is 0 Å². The van der Waals surface area contributed by atoms with Gasteiger partial charge in [-0.2, -0.15) is 0 Å². The first-order valence-corrected chi connectivity index (χ1v) is 7.48. The molecule has 18 heavy (non-hydrogen) atoms. The van der Waals surface area contributed by atoms with Crippen LogP contribution >= 0.6 is 43.5 Å². The maximum atomic E-state index is 13.1. The summed E-state index contributed by atoms with van der Waals surface area (Å²) in [6, 6.07) is 12.9. The summed E-state index contributed by atoms with van der Waals surface area (Å²) in [5.41, 5.74) is 2.17. The van der Waals surface area contributed by atoms with Crippen LogP contribution in [0.1, 0.15) is 16.0 Å². The van der Waals surface area contributed by atoms with E-state index in [9.17, 15) is 4.39 Å². The Hall–Kier alpha value is -0.380. The Morgan fingerprint density at radius 1 is 1.17 bits per heavy atom. The van der Waals surface area contributed by atoms with Crippen LogP contribution in [0.5, 0.6) is 0 Å². The Kier molecular flexibility index (Phi) is 4.82. The molecule has 1 atom stereocenters. The summed E-state index contributed by atoms with van der Waals surface area (Å²) < 4.78 is 14.1. The molecule has 0 fully saturated rings. The van der Waals surface area contributed by atoms with E-state index in [1.807, 2.05) is 12.1 Å². The summed E-state index contributed by atoms with van der Waals surface area (Å²) in [5, 5.41) is 0.159. The van der Waals surface area contributed by atoms with Gasteiger partial charge in [0.15, 0.2) is 0 Å². The molecule has 2 aromatic carbocycles. The zero-order chi connectivity index (χ0) is 13.1. The van der Waals surface area contributed by atoms with Crippen molar-refractivity contribution in [1.29, 1.82) is 0 Å². The summed E-state index contributed by atoms with van der Waals surface area (Å²) in [4.78, 5) is 0.116. The average Bonchev–Trinajstić information content (AvgIpc) is 2.32. The van der Waals surface area contributed by atoms with E-state index in [2.05, 4.69) is 44.0 Å². The van der Waals surface area contributed by atoms with Crippen LogP contribution in [0.3, 0.4) is 0 Å². The maximum absolute atomic E-state index is 13.1. The Morgan fingerprint density at radius 3 is 2.61 bits per heavy atom. The standard InChI is InChI=1S/C14H10Br2ClF/c15-11-3-1-2-9(6-11)7-12(16)10-4-5-14(18)13(17)8-10/h1-6,8,12H,7H2. The van der Waals surface area contributed by atoms with Gasteiger partial charge in [0, 0.05) is 9.30 Å². The molecule has 2 rings (SSSR count). The first kappa shape index (κ1) is 14.0. The lowest BCUT2D eigenvalue weighted by molar-refractivity contribution is 0.627. The molecular weight excluding hydrogens is 382 g/mol. The van der Waals surface area contributed by atoms with Crippen LogP contribution in [0.2, 0.25) is 5.02 Å². The van der Waals surface area contributed by atoms with Crippen LogP contribution in [0.25, 0.3) is 0 Å². The Morgan fingerprint density at radius 2 is 1.94 bits per heavy atom. The largest absolute Gasteiger partial charge is 0.205 e. The van der Waals surface area contributed by atoms with Crippen molar-refractivity contribution in [3.8, 4) is 0 Å². The third-order valence-corrected chi connectivity index (χ3v) is 4.24. The van der Waals surface area contributed by atoms with Crippen LogP contribution in [-0.2, 0) is 6.42 Å². The quantitative estimate of drug-likeness (QED) is 0.569. The summed E-state index contributed by atoms with van der Waals surface area (Å²) in [6.07, 6.45) is 0.821. The monoisotopic (exact) mass is 390 g/mol. The molecular formula is C14H10Br2ClF. The van der Waals surface area contributed by atoms with Crippen molar-refractivity contribution in [2.24, 2.45) is 0 Å². The normalized spacial score (nSPS) is 12.4. The minimum Gasteiger partial charge on any atom is -0.205 e. The highest BCUT2D eigenvalue weighted by Crippen LogP contribution is 2.30. The van der Waals surface area contributed by atoms with Crippen molar-refractivity contribution < 1.29 is 4.39 Å². The van der Waals surface area contributed by atoms with Gasteiger partial charge in [-0.05, 0) is 41.8 Å². The average molecular weight is 392 g/mol. The SMILES string of the molecule is Fc1ccc(C(Br)Cc2cccc(Br)c2)cc1Cl. The fourth-order valence-electron chi connectivity index (χ4n) is 1.70. The molecule has 1 unspecified atom stereocenters. The van der Waals surface area contributed by atoms with Gasteiger partial charge in [0.05, 0.1) is 5.02 Å². The molecule has 0 saturated heterocycles. The number of hydrogen-bond donors (Lipinski definition) is 0. The lowest BCUT2D eigenvalue weighted by Crippen LogP contribution is -1.96. The highest BCUT2D eigenvalue weighted by atomic mass is 79.9. The predicted octanol–water partition coefficient (Wildman–Crippen LogP) is 5.92. The predicted molar refractivity (Wildman–Crippen MR) is 80.9 cm³/mol. The van der Waals surface area contributed by atoms with Crippen molar-refractivity contribution in [2.45, 2.75) is 11.2 Å². The number of alkyl halides is 1. The van der Waals surface area contributed by atoms with Gasteiger partial charge in [0.1, 0.15) is 5.82 Å². The second kappa shape index (κ2) is 6.18. The van der Waals surface area contributed by atoms with Crippen LogP contribution < -0.4 is 0 Å². The molecule has 0 nitrogen and oxygen atoms in total. The van der Waals surface area contributed by atoms with E-state index in [1.165, 1.54) is 11.6 Å². The number of halogens is 4. The fourth-order valence-corrected chi connectivity index (χ4v) is 2.99. The van der Waals surface area contributed by atoms with Crippen LogP contribution in [0.4, 0.5) is 4.39 Å². The molecule has 94 valence electrons. The van der Waals surface area contributed by atoms with E-state index in [0.717, 1.165) is 16.5 Å². The first-order chi connectivity index (χ1) is 8.56. The second-order valence-electron chi connectivity index (χ2n) is 3.98. The molecule has 0 amide bonds. The van der Waals surface area contributed by atoms with Gasteiger partial charge in [-0.15, -0.1) is 0 Å². The summed E-state index contributed by atoms with van der Waals surface area (Å²) >= 11 is 12.8. The molecule has 0 bridgehead atoms. The third-order valence-electron chi connectivity index (χ3n) is 2.61. The fraction of sp³-hybridized carbons (Fsp3) is 0.143. The number of benzene rings is 2. The van der Waals surface area contributed by atoms with Crippen molar-refractivity contribution in [3.63, 3.8) is 0 Å². The number of rotatable bonds is 3. The molecule has 0 aliphatic rings. The van der Waals surface area contributed by atoms with Crippen molar-refractivity contribution in [2.75, 3.05) is 0 Å². The zero-order valence-corrected chi connectivity index (χ0v) is 13.3. The second-order valence-corrected chi connectivity index (χ2v) is 6.40. The highest BCUT2D eigenvalue weighted by Gasteiger charge is 2.11. The molecule has 4 heteroatoms. The van der Waals surface area contributed by atoms with Crippen molar-refractivity contribution in [3.05, 3.63) is 68.9 Å². The minimum absolute atomic E-state index is 0.116. The number of hydrogen-bond acceptors (Lipinski definition) is 0. The van der Waals surface area contributed by atoms with E-state index >= 15 is 0 Å². The Bertz CT molecular complexity index is 557. The molecule has 2 aromatic rings. The van der Waals surface area contributed by atoms with Crippen LogP contribution in [0, 0.1) is 5.82 Å². The van der Waals surface area contributed by atoms with E-state index in [4.69, 9.17) is 11.6 Å². The first-order valence-electron chi connectivity index (χ1n) is 5.40. The van der Waals surface area contributed by atoms with E-state index in [0.29, 0.717) is 0 Å². The van der Waals surface area contributed by atoms with Gasteiger partial charge >= 0.3 is 0 Å². The Labute approximate surface area is 127 Å². The molecule has 0 aromatic heterocycles. The van der Waals surface area contributed by atoms with E-state index in [1.54, 1.807) is 12.1 Å².